The van der Waals surface area contributed by atoms with Gasteiger partial charge < -0.3 is 20.3 Å². The van der Waals surface area contributed by atoms with Crippen LogP contribution >= 0.6 is 0 Å². The van der Waals surface area contributed by atoms with Crippen LogP contribution < -0.4 is 15.5 Å². The lowest BCUT2D eigenvalue weighted by Gasteiger charge is -2.34. The van der Waals surface area contributed by atoms with Crippen molar-refractivity contribution in [2.45, 2.75) is 25.4 Å². The van der Waals surface area contributed by atoms with Crippen LogP contribution in [0.25, 0.3) is 11.1 Å². The molecule has 2 N–H and O–H groups in total. The zero-order valence-corrected chi connectivity index (χ0v) is 19.5. The van der Waals surface area contributed by atoms with Crippen molar-refractivity contribution >= 4 is 17.5 Å². The van der Waals surface area contributed by atoms with Gasteiger partial charge in [-0.15, -0.1) is 0 Å². The molecule has 6 nitrogen and oxygen atoms in total. The Bertz CT molecular complexity index is 1090. The molecule has 1 aliphatic rings. The van der Waals surface area contributed by atoms with Gasteiger partial charge in [0, 0.05) is 38.5 Å². The lowest BCUT2D eigenvalue weighted by molar-refractivity contribution is -0.125. The number of rotatable bonds is 8. The van der Waals surface area contributed by atoms with Crippen molar-refractivity contribution < 1.29 is 14.3 Å². The molecular formula is C28H31N3O3. The van der Waals surface area contributed by atoms with Crippen LogP contribution in [0.2, 0.25) is 0 Å². The molecule has 0 spiro atoms. The van der Waals surface area contributed by atoms with E-state index in [1.54, 1.807) is 0 Å². The zero-order chi connectivity index (χ0) is 23.8. The van der Waals surface area contributed by atoms with E-state index in [0.29, 0.717) is 12.1 Å². The van der Waals surface area contributed by atoms with E-state index in [2.05, 4.69) is 51.9 Å². The fraction of sp³-hybridized carbons (Fsp3) is 0.286. The summed E-state index contributed by atoms with van der Waals surface area (Å²) in [6.07, 6.45) is 1.67. The SMILES string of the molecule is COCC(=O)NC1CCN(c2ccccc2C(=O)NCc2ccc(-c3ccccc3)cc2)CC1. The van der Waals surface area contributed by atoms with E-state index < -0.39 is 0 Å². The predicted molar refractivity (Wildman–Crippen MR) is 135 cm³/mol. The second kappa shape index (κ2) is 11.5. The number of benzene rings is 3. The summed E-state index contributed by atoms with van der Waals surface area (Å²) in [4.78, 5) is 27.1. The molecule has 3 aromatic rings. The molecular weight excluding hydrogens is 426 g/mol. The van der Waals surface area contributed by atoms with Crippen LogP contribution in [-0.2, 0) is 16.1 Å². The van der Waals surface area contributed by atoms with Crippen LogP contribution in [-0.4, -0.2) is 44.7 Å². The summed E-state index contributed by atoms with van der Waals surface area (Å²) < 4.78 is 4.89. The quantitative estimate of drug-likeness (QED) is 0.536. The van der Waals surface area contributed by atoms with Gasteiger partial charge in [0.05, 0.1) is 5.56 Å². The monoisotopic (exact) mass is 457 g/mol. The summed E-state index contributed by atoms with van der Waals surface area (Å²) in [6, 6.07) is 26.4. The minimum atomic E-state index is -0.0856. The van der Waals surface area contributed by atoms with Crippen molar-refractivity contribution in [1.29, 1.82) is 0 Å². The van der Waals surface area contributed by atoms with E-state index in [4.69, 9.17) is 4.74 Å². The maximum atomic E-state index is 13.0. The van der Waals surface area contributed by atoms with Gasteiger partial charge in [0.25, 0.3) is 5.91 Å². The number of para-hydroxylation sites is 1. The topological polar surface area (TPSA) is 70.7 Å². The van der Waals surface area contributed by atoms with Gasteiger partial charge in [-0.2, -0.15) is 0 Å². The number of carbonyl (C=O) groups is 2. The number of nitrogens with zero attached hydrogens (tertiary/aromatic N) is 1. The zero-order valence-electron chi connectivity index (χ0n) is 19.5. The Kier molecular flexibility index (Phi) is 7.94. The first-order chi connectivity index (χ1) is 16.6. The highest BCUT2D eigenvalue weighted by atomic mass is 16.5. The number of carbonyl (C=O) groups excluding carboxylic acids is 2. The number of piperidine rings is 1. The molecule has 0 atom stereocenters. The molecule has 0 saturated carbocycles. The third kappa shape index (κ3) is 6.02. The van der Waals surface area contributed by atoms with Crippen molar-refractivity contribution in [2.24, 2.45) is 0 Å². The molecule has 2 amide bonds. The van der Waals surface area contributed by atoms with Gasteiger partial charge in [0.2, 0.25) is 5.91 Å². The minimum absolute atomic E-state index is 0.0815. The van der Waals surface area contributed by atoms with Gasteiger partial charge in [0.15, 0.2) is 0 Å². The average molecular weight is 458 g/mol. The average Bonchev–Trinajstić information content (AvgIpc) is 2.89. The molecule has 4 rings (SSSR count). The van der Waals surface area contributed by atoms with Crippen molar-refractivity contribution in [2.75, 3.05) is 31.7 Å². The minimum Gasteiger partial charge on any atom is -0.375 e. The number of amides is 2. The van der Waals surface area contributed by atoms with Crippen LogP contribution in [0, 0.1) is 0 Å². The van der Waals surface area contributed by atoms with Crippen LogP contribution in [0.3, 0.4) is 0 Å². The molecule has 176 valence electrons. The number of ether oxygens (including phenoxy) is 1. The smallest absolute Gasteiger partial charge is 0.253 e. The number of anilines is 1. The Balaban J connectivity index is 1.34. The molecule has 34 heavy (non-hydrogen) atoms. The van der Waals surface area contributed by atoms with Crippen LogP contribution in [0.4, 0.5) is 5.69 Å². The van der Waals surface area contributed by atoms with Crippen molar-refractivity contribution in [3.63, 3.8) is 0 Å². The van der Waals surface area contributed by atoms with Gasteiger partial charge in [-0.1, -0.05) is 66.7 Å². The Labute approximate surface area is 200 Å². The molecule has 1 saturated heterocycles. The maximum absolute atomic E-state index is 13.0. The van der Waals surface area contributed by atoms with E-state index in [1.165, 1.54) is 12.7 Å². The van der Waals surface area contributed by atoms with E-state index in [9.17, 15) is 9.59 Å². The first-order valence-electron chi connectivity index (χ1n) is 11.7. The Morgan fingerprint density at radius 3 is 2.24 bits per heavy atom. The van der Waals surface area contributed by atoms with Gasteiger partial charge in [-0.05, 0) is 41.7 Å². The third-order valence-corrected chi connectivity index (χ3v) is 6.14. The summed E-state index contributed by atoms with van der Waals surface area (Å²) in [5, 5.41) is 6.08. The fourth-order valence-corrected chi connectivity index (χ4v) is 4.33. The highest BCUT2D eigenvalue weighted by molar-refractivity contribution is 5.99. The number of hydrogen-bond donors (Lipinski definition) is 2. The Morgan fingerprint density at radius 2 is 1.53 bits per heavy atom. The number of hydrogen-bond acceptors (Lipinski definition) is 4. The first kappa shape index (κ1) is 23.5. The molecule has 1 heterocycles. The molecule has 1 fully saturated rings. The molecule has 1 aliphatic heterocycles. The summed E-state index contributed by atoms with van der Waals surface area (Å²) >= 11 is 0. The number of methoxy groups -OCH3 is 1. The lowest BCUT2D eigenvalue weighted by atomic mass is 10.0. The standard InChI is InChI=1S/C28H31N3O3/c1-34-20-27(32)30-24-15-17-31(18-16-24)26-10-6-5-9-25(26)28(33)29-19-21-11-13-23(14-12-21)22-7-3-2-4-8-22/h2-14,24H,15-20H2,1H3,(H,29,33)(H,30,32). The van der Waals surface area contributed by atoms with Gasteiger partial charge in [-0.3, -0.25) is 9.59 Å². The molecule has 0 radical (unpaired) electrons. The molecule has 6 heteroatoms. The van der Waals surface area contributed by atoms with Gasteiger partial charge in [-0.25, -0.2) is 0 Å². The highest BCUT2D eigenvalue weighted by Crippen LogP contribution is 2.25. The third-order valence-electron chi connectivity index (χ3n) is 6.14. The van der Waals surface area contributed by atoms with Crippen molar-refractivity contribution in [1.82, 2.24) is 10.6 Å². The van der Waals surface area contributed by atoms with Crippen LogP contribution in [0.15, 0.2) is 78.9 Å². The molecule has 0 bridgehead atoms. The molecule has 0 aliphatic carbocycles. The normalized spacial score (nSPS) is 14.0. The summed E-state index contributed by atoms with van der Waals surface area (Å²) in [5.74, 6) is -0.171. The van der Waals surface area contributed by atoms with E-state index in [-0.39, 0.29) is 24.5 Å². The maximum Gasteiger partial charge on any atom is 0.253 e. The fourth-order valence-electron chi connectivity index (χ4n) is 4.33. The largest absolute Gasteiger partial charge is 0.375 e. The van der Waals surface area contributed by atoms with E-state index in [1.807, 2.05) is 42.5 Å². The first-order valence-corrected chi connectivity index (χ1v) is 11.7. The summed E-state index contributed by atoms with van der Waals surface area (Å²) in [7, 11) is 1.52. The Hall–Kier alpha value is -3.64. The molecule has 0 unspecified atom stereocenters. The number of nitrogens with one attached hydrogen (secondary N) is 2. The Morgan fingerprint density at radius 1 is 0.882 bits per heavy atom. The lowest BCUT2D eigenvalue weighted by Crippen LogP contribution is -2.46. The van der Waals surface area contributed by atoms with Crippen LogP contribution in [0.5, 0.6) is 0 Å². The highest BCUT2D eigenvalue weighted by Gasteiger charge is 2.23. The molecule has 0 aromatic heterocycles. The van der Waals surface area contributed by atoms with E-state index >= 15 is 0 Å². The summed E-state index contributed by atoms with van der Waals surface area (Å²) in [5.41, 5.74) is 4.99. The predicted octanol–water partition coefficient (Wildman–Crippen LogP) is 4.02. The van der Waals surface area contributed by atoms with Crippen LogP contribution in [0.1, 0.15) is 28.8 Å². The molecule has 3 aromatic carbocycles. The van der Waals surface area contributed by atoms with Gasteiger partial charge in [0.1, 0.15) is 6.61 Å². The van der Waals surface area contributed by atoms with Crippen molar-refractivity contribution in [3.05, 3.63) is 90.0 Å². The van der Waals surface area contributed by atoms with E-state index in [0.717, 1.165) is 42.7 Å². The van der Waals surface area contributed by atoms with Gasteiger partial charge >= 0.3 is 0 Å². The second-order valence-electron chi connectivity index (χ2n) is 8.52. The van der Waals surface area contributed by atoms with Crippen molar-refractivity contribution in [3.8, 4) is 11.1 Å². The second-order valence-corrected chi connectivity index (χ2v) is 8.52. The summed E-state index contributed by atoms with van der Waals surface area (Å²) in [6.45, 7) is 2.11.